The van der Waals surface area contributed by atoms with Crippen LogP contribution >= 0.6 is 15.9 Å². The van der Waals surface area contributed by atoms with E-state index in [-0.39, 0.29) is 0 Å². The van der Waals surface area contributed by atoms with Crippen LogP contribution < -0.4 is 0 Å². The van der Waals surface area contributed by atoms with Crippen molar-refractivity contribution < 1.29 is 0 Å². The number of hydrogen-bond donors (Lipinski definition) is 0. The van der Waals surface area contributed by atoms with Gasteiger partial charge < -0.3 is 0 Å². The molecular weight excluding hydrogens is 286 g/mol. The molecule has 1 nitrogen and oxygen atoms in total. The second-order valence-electron chi connectivity index (χ2n) is 5.42. The van der Waals surface area contributed by atoms with Crippen LogP contribution in [-0.4, -0.2) is 24.0 Å². The van der Waals surface area contributed by atoms with Gasteiger partial charge in [0.05, 0.1) is 0 Å². The molecule has 3 rings (SSSR count). The lowest BCUT2D eigenvalue weighted by Crippen LogP contribution is -2.44. The molecule has 0 spiro atoms. The molecule has 1 saturated carbocycles. The topological polar surface area (TPSA) is 3.24 Å². The molecule has 96 valence electrons. The van der Waals surface area contributed by atoms with Crippen LogP contribution in [0, 0.1) is 0 Å². The van der Waals surface area contributed by atoms with Gasteiger partial charge in [0.15, 0.2) is 0 Å². The van der Waals surface area contributed by atoms with Gasteiger partial charge in [-0.25, -0.2) is 0 Å². The van der Waals surface area contributed by atoms with Gasteiger partial charge in [-0.3, -0.25) is 4.90 Å². The van der Waals surface area contributed by atoms with Crippen LogP contribution in [0.15, 0.2) is 34.3 Å². The van der Waals surface area contributed by atoms with Gasteiger partial charge in [-0.05, 0) is 56.5 Å². The summed E-state index contributed by atoms with van der Waals surface area (Å²) in [4.78, 5) is 2.69. The standard InChI is InChI=1S/C16H20BrN/c17-15-7-4-13(5-8-15)12-14-6-9-16(14)18-10-2-1-3-11-18/h4-5,7-8,12,16H,1-3,6,9-11H2. The predicted octanol–water partition coefficient (Wildman–Crippen LogP) is 4.48. The Morgan fingerprint density at radius 2 is 1.78 bits per heavy atom. The normalized spacial score (nSPS) is 27.2. The Balaban J connectivity index is 1.70. The molecule has 2 heteroatoms. The molecule has 1 aliphatic carbocycles. The van der Waals surface area contributed by atoms with E-state index in [4.69, 9.17) is 0 Å². The second-order valence-corrected chi connectivity index (χ2v) is 6.34. The summed E-state index contributed by atoms with van der Waals surface area (Å²) in [6.45, 7) is 2.62. The molecule has 2 aliphatic rings. The van der Waals surface area contributed by atoms with E-state index in [1.54, 1.807) is 5.57 Å². The van der Waals surface area contributed by atoms with E-state index in [9.17, 15) is 0 Å². The molecule has 1 aromatic carbocycles. The van der Waals surface area contributed by atoms with Crippen molar-refractivity contribution in [3.63, 3.8) is 0 Å². The van der Waals surface area contributed by atoms with E-state index in [1.165, 1.54) is 50.8 Å². The molecule has 0 radical (unpaired) electrons. The summed E-state index contributed by atoms with van der Waals surface area (Å²) in [7, 11) is 0. The van der Waals surface area contributed by atoms with Crippen LogP contribution in [0.25, 0.3) is 6.08 Å². The van der Waals surface area contributed by atoms with Crippen LogP contribution in [0.4, 0.5) is 0 Å². The third-order valence-corrected chi connectivity index (χ3v) is 4.72. The van der Waals surface area contributed by atoms with Crippen molar-refractivity contribution in [2.75, 3.05) is 13.1 Å². The van der Waals surface area contributed by atoms with Crippen molar-refractivity contribution in [1.82, 2.24) is 4.90 Å². The maximum Gasteiger partial charge on any atom is 0.0313 e. The fourth-order valence-corrected chi connectivity index (χ4v) is 3.29. The lowest BCUT2D eigenvalue weighted by Gasteiger charge is -2.42. The maximum atomic E-state index is 3.49. The summed E-state index contributed by atoms with van der Waals surface area (Å²) in [6, 6.07) is 9.39. The average Bonchev–Trinajstić information content (AvgIpc) is 2.38. The molecule has 0 amide bonds. The lowest BCUT2D eigenvalue weighted by atomic mass is 9.82. The zero-order valence-electron chi connectivity index (χ0n) is 10.7. The molecule has 1 unspecified atom stereocenters. The molecule has 1 atom stereocenters. The Kier molecular flexibility index (Phi) is 3.86. The van der Waals surface area contributed by atoms with Crippen LogP contribution in [0.5, 0.6) is 0 Å². The van der Waals surface area contributed by atoms with Crippen molar-refractivity contribution in [2.45, 2.75) is 38.1 Å². The highest BCUT2D eigenvalue weighted by Gasteiger charge is 2.30. The number of likely N-dealkylation sites (tertiary alicyclic amines) is 1. The lowest BCUT2D eigenvalue weighted by molar-refractivity contribution is 0.150. The Labute approximate surface area is 118 Å². The Hall–Kier alpha value is -0.600. The molecule has 0 N–H and O–H groups in total. The highest BCUT2D eigenvalue weighted by molar-refractivity contribution is 9.10. The molecule has 0 aromatic heterocycles. The van der Waals surface area contributed by atoms with Crippen molar-refractivity contribution in [3.8, 4) is 0 Å². The summed E-state index contributed by atoms with van der Waals surface area (Å²) >= 11 is 3.49. The SMILES string of the molecule is Brc1ccc(C=C2CCC2N2CCCCC2)cc1. The van der Waals surface area contributed by atoms with Gasteiger partial charge >= 0.3 is 0 Å². The quantitative estimate of drug-likeness (QED) is 0.778. The average molecular weight is 306 g/mol. The minimum Gasteiger partial charge on any atom is -0.297 e. The fourth-order valence-electron chi connectivity index (χ4n) is 3.03. The number of piperidine rings is 1. The smallest absolute Gasteiger partial charge is 0.0313 e. The summed E-state index contributed by atoms with van der Waals surface area (Å²) in [5, 5.41) is 0. The monoisotopic (exact) mass is 305 g/mol. The Bertz CT molecular complexity index is 429. The van der Waals surface area contributed by atoms with Gasteiger partial charge in [-0.2, -0.15) is 0 Å². The van der Waals surface area contributed by atoms with Crippen molar-refractivity contribution >= 4 is 22.0 Å². The Morgan fingerprint density at radius 1 is 1.06 bits per heavy atom. The highest BCUT2D eigenvalue weighted by atomic mass is 79.9. The van der Waals surface area contributed by atoms with E-state index < -0.39 is 0 Å². The maximum absolute atomic E-state index is 3.49. The van der Waals surface area contributed by atoms with Gasteiger partial charge in [-0.1, -0.05) is 46.1 Å². The minimum absolute atomic E-state index is 0.744. The van der Waals surface area contributed by atoms with Crippen molar-refractivity contribution in [3.05, 3.63) is 39.9 Å². The highest BCUT2D eigenvalue weighted by Crippen LogP contribution is 2.34. The molecule has 1 saturated heterocycles. The van der Waals surface area contributed by atoms with Crippen LogP contribution in [0.2, 0.25) is 0 Å². The van der Waals surface area contributed by atoms with Crippen LogP contribution in [-0.2, 0) is 0 Å². The summed E-state index contributed by atoms with van der Waals surface area (Å²) in [5.74, 6) is 0. The third kappa shape index (κ3) is 2.70. The molecule has 1 aromatic rings. The molecule has 0 bridgehead atoms. The zero-order valence-corrected chi connectivity index (χ0v) is 12.3. The molecule has 1 heterocycles. The first-order valence-corrected chi connectivity index (χ1v) is 7.82. The summed E-state index contributed by atoms with van der Waals surface area (Å²) in [5.41, 5.74) is 2.98. The minimum atomic E-state index is 0.744. The molecule has 2 fully saturated rings. The van der Waals surface area contributed by atoms with Crippen molar-refractivity contribution in [1.29, 1.82) is 0 Å². The summed E-state index contributed by atoms with van der Waals surface area (Å²) < 4.78 is 1.16. The largest absolute Gasteiger partial charge is 0.297 e. The number of hydrogen-bond acceptors (Lipinski definition) is 1. The molecule has 1 aliphatic heterocycles. The first-order chi connectivity index (χ1) is 8.83. The summed E-state index contributed by atoms with van der Waals surface area (Å²) in [6.07, 6.45) is 9.26. The number of nitrogens with zero attached hydrogens (tertiary/aromatic N) is 1. The number of halogens is 1. The van der Waals surface area contributed by atoms with Crippen molar-refractivity contribution in [2.24, 2.45) is 0 Å². The van der Waals surface area contributed by atoms with E-state index in [2.05, 4.69) is 51.2 Å². The zero-order chi connectivity index (χ0) is 12.4. The predicted molar refractivity (Wildman–Crippen MR) is 80.6 cm³/mol. The van der Waals surface area contributed by atoms with Gasteiger partial charge in [-0.15, -0.1) is 0 Å². The molecular formula is C16H20BrN. The van der Waals surface area contributed by atoms with E-state index in [1.807, 2.05) is 0 Å². The van der Waals surface area contributed by atoms with Gasteiger partial charge in [0.25, 0.3) is 0 Å². The fraction of sp³-hybridized carbons (Fsp3) is 0.500. The second kappa shape index (κ2) is 5.58. The van der Waals surface area contributed by atoms with E-state index >= 15 is 0 Å². The van der Waals surface area contributed by atoms with Gasteiger partial charge in [0, 0.05) is 10.5 Å². The van der Waals surface area contributed by atoms with Gasteiger partial charge in [0.2, 0.25) is 0 Å². The first-order valence-electron chi connectivity index (χ1n) is 7.03. The van der Waals surface area contributed by atoms with Crippen LogP contribution in [0.3, 0.4) is 0 Å². The Morgan fingerprint density at radius 3 is 2.39 bits per heavy atom. The first kappa shape index (κ1) is 12.4. The number of rotatable bonds is 2. The molecule has 18 heavy (non-hydrogen) atoms. The number of benzene rings is 1. The van der Waals surface area contributed by atoms with Crippen LogP contribution in [0.1, 0.15) is 37.7 Å². The van der Waals surface area contributed by atoms with E-state index in [0.29, 0.717) is 0 Å². The van der Waals surface area contributed by atoms with Gasteiger partial charge in [0.1, 0.15) is 0 Å². The van der Waals surface area contributed by atoms with E-state index in [0.717, 1.165) is 10.5 Å². The third-order valence-electron chi connectivity index (χ3n) is 4.19.